The van der Waals surface area contributed by atoms with E-state index in [1.165, 1.54) is 12.1 Å². The van der Waals surface area contributed by atoms with Gasteiger partial charge in [-0.15, -0.1) is 10.2 Å². The fourth-order valence-corrected chi connectivity index (χ4v) is 2.41. The molecule has 3 aromatic rings. The minimum Gasteiger partial charge on any atom is -0.349 e. The topological polar surface area (TPSA) is 96.5 Å². The molecule has 0 aliphatic carbocycles. The third-order valence-corrected chi connectivity index (χ3v) is 4.27. The molecule has 0 spiro atoms. The van der Waals surface area contributed by atoms with E-state index in [1.807, 2.05) is 20.8 Å². The van der Waals surface area contributed by atoms with Crippen molar-refractivity contribution < 1.29 is 9.18 Å². The summed E-state index contributed by atoms with van der Waals surface area (Å²) in [6.45, 7) is 5.62. The SMILES string of the molecule is C[C@@H](NC(=O)c1cc(F)cc2cccnc12)C(C)(C)c1nn[nH]n1. The molecule has 0 aliphatic heterocycles. The average molecular weight is 328 g/mol. The number of benzene rings is 1. The minimum absolute atomic E-state index is 0.196. The van der Waals surface area contributed by atoms with Crippen molar-refractivity contribution in [2.24, 2.45) is 0 Å². The van der Waals surface area contributed by atoms with E-state index >= 15 is 0 Å². The summed E-state index contributed by atoms with van der Waals surface area (Å²) >= 11 is 0. The van der Waals surface area contributed by atoms with Crippen molar-refractivity contribution in [3.63, 3.8) is 0 Å². The molecule has 1 atom stereocenters. The molecule has 2 N–H and O–H groups in total. The Hall–Kier alpha value is -2.90. The standard InChI is InChI=1S/C16H17FN6O/c1-9(16(2,3)15-20-22-23-21-15)19-14(24)12-8-11(17)7-10-5-4-6-18-13(10)12/h4-9H,1-3H3,(H,19,24)(H,20,21,22,23)/t9-/m1/s1. The first-order valence-electron chi connectivity index (χ1n) is 7.48. The Morgan fingerprint density at radius 3 is 2.88 bits per heavy atom. The minimum atomic E-state index is -0.556. The summed E-state index contributed by atoms with van der Waals surface area (Å²) in [4.78, 5) is 16.9. The number of fused-ring (bicyclic) bond motifs is 1. The number of aromatic amines is 1. The Labute approximate surface area is 137 Å². The number of hydrogen-bond acceptors (Lipinski definition) is 5. The highest BCUT2D eigenvalue weighted by Crippen LogP contribution is 2.24. The Bertz CT molecular complexity index is 877. The van der Waals surface area contributed by atoms with Crippen LogP contribution in [-0.4, -0.2) is 37.6 Å². The molecule has 0 saturated carbocycles. The quantitative estimate of drug-likeness (QED) is 0.763. The lowest BCUT2D eigenvalue weighted by molar-refractivity contribution is 0.0923. The molecule has 7 nitrogen and oxygen atoms in total. The van der Waals surface area contributed by atoms with Crippen molar-refractivity contribution in [2.45, 2.75) is 32.2 Å². The first-order chi connectivity index (χ1) is 11.4. The molecule has 24 heavy (non-hydrogen) atoms. The molecule has 1 amide bonds. The number of aromatic nitrogens is 5. The summed E-state index contributed by atoms with van der Waals surface area (Å²) < 4.78 is 13.8. The van der Waals surface area contributed by atoms with Crippen molar-refractivity contribution in [1.82, 2.24) is 30.9 Å². The van der Waals surface area contributed by atoms with E-state index in [1.54, 1.807) is 18.3 Å². The average Bonchev–Trinajstić information content (AvgIpc) is 3.09. The van der Waals surface area contributed by atoms with Gasteiger partial charge in [0.25, 0.3) is 5.91 Å². The van der Waals surface area contributed by atoms with Gasteiger partial charge in [-0.25, -0.2) is 4.39 Å². The van der Waals surface area contributed by atoms with E-state index in [0.717, 1.165) is 0 Å². The number of amides is 1. The number of carbonyl (C=O) groups is 1. The van der Waals surface area contributed by atoms with E-state index in [9.17, 15) is 9.18 Å². The molecular formula is C16H17FN6O. The number of nitrogens with zero attached hydrogens (tertiary/aromatic N) is 4. The highest BCUT2D eigenvalue weighted by Gasteiger charge is 2.33. The van der Waals surface area contributed by atoms with Crippen LogP contribution in [0.3, 0.4) is 0 Å². The van der Waals surface area contributed by atoms with Crippen molar-refractivity contribution in [3.05, 3.63) is 47.7 Å². The van der Waals surface area contributed by atoms with Gasteiger partial charge in [-0.3, -0.25) is 9.78 Å². The molecule has 2 aromatic heterocycles. The van der Waals surface area contributed by atoms with Gasteiger partial charge >= 0.3 is 0 Å². The normalized spacial score (nSPS) is 13.0. The number of hydrogen-bond donors (Lipinski definition) is 2. The Balaban J connectivity index is 1.90. The van der Waals surface area contributed by atoms with Crippen molar-refractivity contribution in [3.8, 4) is 0 Å². The van der Waals surface area contributed by atoms with E-state index in [0.29, 0.717) is 16.7 Å². The fraction of sp³-hybridized carbons (Fsp3) is 0.312. The molecule has 0 bridgehead atoms. The van der Waals surface area contributed by atoms with Gasteiger partial charge in [0.2, 0.25) is 0 Å². The van der Waals surface area contributed by atoms with Crippen molar-refractivity contribution in [2.75, 3.05) is 0 Å². The molecule has 0 saturated heterocycles. The summed E-state index contributed by atoms with van der Waals surface area (Å²) in [5, 5.41) is 17.4. The smallest absolute Gasteiger partial charge is 0.253 e. The van der Waals surface area contributed by atoms with E-state index in [2.05, 4.69) is 30.9 Å². The van der Waals surface area contributed by atoms with Crippen LogP contribution in [-0.2, 0) is 5.41 Å². The predicted molar refractivity (Wildman–Crippen MR) is 85.8 cm³/mol. The zero-order valence-electron chi connectivity index (χ0n) is 13.5. The summed E-state index contributed by atoms with van der Waals surface area (Å²) in [5.74, 6) is -0.398. The van der Waals surface area contributed by atoms with Gasteiger partial charge in [-0.2, -0.15) is 5.21 Å². The zero-order valence-corrected chi connectivity index (χ0v) is 13.5. The third kappa shape index (κ3) is 2.82. The van der Waals surface area contributed by atoms with Gasteiger partial charge in [-0.1, -0.05) is 25.1 Å². The number of tetrazole rings is 1. The first kappa shape index (κ1) is 16.0. The second-order valence-electron chi connectivity index (χ2n) is 6.18. The van der Waals surface area contributed by atoms with Crippen LogP contribution in [0.5, 0.6) is 0 Å². The molecule has 3 rings (SSSR count). The van der Waals surface area contributed by atoms with Gasteiger partial charge in [0.05, 0.1) is 11.1 Å². The van der Waals surface area contributed by atoms with Gasteiger partial charge in [0, 0.05) is 23.0 Å². The number of H-pyrrole nitrogens is 1. The fourth-order valence-electron chi connectivity index (χ4n) is 2.41. The Morgan fingerprint density at radius 1 is 1.38 bits per heavy atom. The monoisotopic (exact) mass is 328 g/mol. The number of halogens is 1. The lowest BCUT2D eigenvalue weighted by atomic mass is 9.84. The van der Waals surface area contributed by atoms with Crippen LogP contribution in [0.25, 0.3) is 10.9 Å². The lowest BCUT2D eigenvalue weighted by Gasteiger charge is -2.29. The van der Waals surface area contributed by atoms with Crippen LogP contribution in [0.4, 0.5) is 4.39 Å². The number of carbonyl (C=O) groups excluding carboxylic acids is 1. The maximum atomic E-state index is 13.8. The largest absolute Gasteiger partial charge is 0.349 e. The number of rotatable bonds is 4. The molecule has 0 unspecified atom stereocenters. The second kappa shape index (κ2) is 5.95. The highest BCUT2D eigenvalue weighted by atomic mass is 19.1. The molecule has 2 heterocycles. The molecule has 0 radical (unpaired) electrons. The van der Waals surface area contributed by atoms with Crippen LogP contribution in [0.2, 0.25) is 0 Å². The summed E-state index contributed by atoms with van der Waals surface area (Å²) in [6, 6.07) is 5.65. The van der Waals surface area contributed by atoms with Crippen LogP contribution < -0.4 is 5.32 Å². The van der Waals surface area contributed by atoms with Gasteiger partial charge in [0.1, 0.15) is 5.82 Å². The predicted octanol–water partition coefficient (Wildman–Crippen LogP) is 1.98. The van der Waals surface area contributed by atoms with E-state index in [-0.39, 0.29) is 11.6 Å². The first-order valence-corrected chi connectivity index (χ1v) is 7.48. The van der Waals surface area contributed by atoms with Crippen LogP contribution >= 0.6 is 0 Å². The molecule has 0 aliphatic rings. The van der Waals surface area contributed by atoms with Crippen LogP contribution in [0.15, 0.2) is 30.5 Å². The van der Waals surface area contributed by atoms with Crippen molar-refractivity contribution in [1.29, 1.82) is 0 Å². The molecule has 124 valence electrons. The molecule has 0 fully saturated rings. The van der Waals surface area contributed by atoms with Gasteiger partial charge in [-0.05, 0) is 25.1 Å². The molecular weight excluding hydrogens is 311 g/mol. The third-order valence-electron chi connectivity index (χ3n) is 4.27. The Kier molecular flexibility index (Phi) is 3.96. The summed E-state index contributed by atoms with van der Waals surface area (Å²) in [6.07, 6.45) is 1.57. The number of pyridine rings is 1. The van der Waals surface area contributed by atoms with Crippen molar-refractivity contribution >= 4 is 16.8 Å². The number of nitrogens with one attached hydrogen (secondary N) is 2. The Morgan fingerprint density at radius 2 is 2.17 bits per heavy atom. The maximum Gasteiger partial charge on any atom is 0.253 e. The van der Waals surface area contributed by atoms with Gasteiger partial charge < -0.3 is 5.32 Å². The highest BCUT2D eigenvalue weighted by molar-refractivity contribution is 6.05. The van der Waals surface area contributed by atoms with Crippen LogP contribution in [0, 0.1) is 5.82 Å². The summed E-state index contributed by atoms with van der Waals surface area (Å²) in [7, 11) is 0. The molecule has 1 aromatic carbocycles. The van der Waals surface area contributed by atoms with E-state index in [4.69, 9.17) is 0 Å². The molecule has 8 heteroatoms. The zero-order chi connectivity index (χ0) is 17.3. The van der Waals surface area contributed by atoms with E-state index < -0.39 is 17.1 Å². The van der Waals surface area contributed by atoms with Crippen LogP contribution in [0.1, 0.15) is 37.0 Å². The maximum absolute atomic E-state index is 13.8. The lowest BCUT2D eigenvalue weighted by Crippen LogP contribution is -2.46. The summed E-state index contributed by atoms with van der Waals surface area (Å²) in [5.41, 5.74) is 0.0986. The van der Waals surface area contributed by atoms with Gasteiger partial charge in [0.15, 0.2) is 5.82 Å². The second-order valence-corrected chi connectivity index (χ2v) is 6.18.